The molecule has 1 aromatic carbocycles. The number of benzene rings is 1. The lowest BCUT2D eigenvalue weighted by Gasteiger charge is -2.24. The summed E-state index contributed by atoms with van der Waals surface area (Å²) in [5.74, 6) is 0.274. The van der Waals surface area contributed by atoms with Crippen LogP contribution < -0.4 is 10.6 Å². The van der Waals surface area contributed by atoms with Crippen LogP contribution in [0.25, 0.3) is 0 Å². The summed E-state index contributed by atoms with van der Waals surface area (Å²) in [6.45, 7) is 7.23. The molecule has 20 heavy (non-hydrogen) atoms. The second-order valence-electron chi connectivity index (χ2n) is 6.07. The third-order valence-electron chi connectivity index (χ3n) is 3.21. The van der Waals surface area contributed by atoms with E-state index in [2.05, 4.69) is 38.7 Å². The summed E-state index contributed by atoms with van der Waals surface area (Å²) in [6, 6.07) is 8.29. The molecule has 0 unspecified atom stereocenters. The first kappa shape index (κ1) is 15.3. The summed E-state index contributed by atoms with van der Waals surface area (Å²) in [4.78, 5) is 11.9. The summed E-state index contributed by atoms with van der Waals surface area (Å²) >= 11 is 3.44. The average Bonchev–Trinajstić information content (AvgIpc) is 2.75. The third-order valence-corrected chi connectivity index (χ3v) is 3.74. The molecular formula is C15H21BrN2O2. The Labute approximate surface area is 128 Å². The van der Waals surface area contributed by atoms with Crippen LogP contribution in [0.15, 0.2) is 28.7 Å². The maximum Gasteiger partial charge on any atom is 0.407 e. The highest BCUT2D eigenvalue weighted by atomic mass is 79.9. The van der Waals surface area contributed by atoms with Crippen molar-refractivity contribution in [2.24, 2.45) is 0 Å². The van der Waals surface area contributed by atoms with Crippen molar-refractivity contribution in [2.75, 3.05) is 13.1 Å². The molecule has 1 aromatic rings. The first-order valence-corrected chi connectivity index (χ1v) is 7.60. The number of nitrogens with one attached hydrogen (secondary N) is 2. The summed E-state index contributed by atoms with van der Waals surface area (Å²) in [5.41, 5.74) is 0.753. The Morgan fingerprint density at radius 3 is 2.55 bits per heavy atom. The van der Waals surface area contributed by atoms with Crippen LogP contribution in [0.3, 0.4) is 0 Å². The zero-order valence-electron chi connectivity index (χ0n) is 12.1. The molecule has 0 aromatic heterocycles. The van der Waals surface area contributed by atoms with Crippen molar-refractivity contribution < 1.29 is 9.53 Å². The number of hydrogen-bond acceptors (Lipinski definition) is 3. The number of rotatable bonds is 2. The Morgan fingerprint density at radius 1 is 1.30 bits per heavy atom. The number of amides is 1. The van der Waals surface area contributed by atoms with Gasteiger partial charge in [-0.1, -0.05) is 28.1 Å². The molecule has 1 aliphatic rings. The molecule has 1 heterocycles. The van der Waals surface area contributed by atoms with Gasteiger partial charge in [-0.25, -0.2) is 4.79 Å². The fourth-order valence-corrected chi connectivity index (χ4v) is 2.61. The number of carbonyl (C=O) groups is 1. The number of carbonyl (C=O) groups excluding carboxylic acids is 1. The van der Waals surface area contributed by atoms with Gasteiger partial charge in [0.05, 0.1) is 6.04 Å². The van der Waals surface area contributed by atoms with Gasteiger partial charge in [-0.2, -0.15) is 0 Å². The first-order chi connectivity index (χ1) is 9.35. The Balaban J connectivity index is 2.00. The van der Waals surface area contributed by atoms with Gasteiger partial charge in [0.2, 0.25) is 0 Å². The van der Waals surface area contributed by atoms with Crippen LogP contribution >= 0.6 is 15.9 Å². The lowest BCUT2D eigenvalue weighted by atomic mass is 9.94. The molecule has 2 atom stereocenters. The second-order valence-corrected chi connectivity index (χ2v) is 6.98. The van der Waals surface area contributed by atoms with Crippen LogP contribution in [0.2, 0.25) is 0 Å². The monoisotopic (exact) mass is 340 g/mol. The molecule has 4 nitrogen and oxygen atoms in total. The van der Waals surface area contributed by atoms with E-state index in [1.165, 1.54) is 5.56 Å². The number of halogens is 1. The molecular weight excluding hydrogens is 320 g/mol. The Bertz CT molecular complexity index is 468. The minimum atomic E-state index is -0.469. The highest BCUT2D eigenvalue weighted by Gasteiger charge is 2.30. The molecule has 0 radical (unpaired) electrons. The van der Waals surface area contributed by atoms with Gasteiger partial charge in [0.15, 0.2) is 0 Å². The highest BCUT2D eigenvalue weighted by molar-refractivity contribution is 9.10. The quantitative estimate of drug-likeness (QED) is 0.869. The van der Waals surface area contributed by atoms with E-state index in [0.717, 1.165) is 17.6 Å². The molecule has 1 fully saturated rings. The molecule has 2 N–H and O–H groups in total. The van der Waals surface area contributed by atoms with E-state index in [1.807, 2.05) is 32.9 Å². The van der Waals surface area contributed by atoms with Crippen LogP contribution in [0.1, 0.15) is 32.3 Å². The zero-order valence-corrected chi connectivity index (χ0v) is 13.7. The smallest absolute Gasteiger partial charge is 0.407 e. The second kappa shape index (κ2) is 6.14. The normalized spacial score (nSPS) is 22.6. The summed E-state index contributed by atoms with van der Waals surface area (Å²) in [5, 5.41) is 6.28. The van der Waals surface area contributed by atoms with Gasteiger partial charge in [-0.05, 0) is 38.5 Å². The van der Waals surface area contributed by atoms with Crippen molar-refractivity contribution in [2.45, 2.75) is 38.3 Å². The summed E-state index contributed by atoms with van der Waals surface area (Å²) in [6.07, 6.45) is -0.353. The molecule has 110 valence electrons. The van der Waals surface area contributed by atoms with Gasteiger partial charge in [-0.15, -0.1) is 0 Å². The largest absolute Gasteiger partial charge is 0.444 e. The van der Waals surface area contributed by atoms with Crippen LogP contribution in [0, 0.1) is 0 Å². The topological polar surface area (TPSA) is 50.4 Å². The molecule has 1 saturated heterocycles. The molecule has 0 aliphatic carbocycles. The van der Waals surface area contributed by atoms with Crippen molar-refractivity contribution in [3.63, 3.8) is 0 Å². The molecule has 5 heteroatoms. The predicted molar refractivity (Wildman–Crippen MR) is 82.9 cm³/mol. The third kappa shape index (κ3) is 4.21. The van der Waals surface area contributed by atoms with E-state index in [4.69, 9.17) is 4.74 Å². The van der Waals surface area contributed by atoms with E-state index in [9.17, 15) is 4.79 Å². The van der Waals surface area contributed by atoms with Gasteiger partial charge >= 0.3 is 6.09 Å². The molecule has 2 rings (SSSR count). The Kier molecular flexibility index (Phi) is 4.70. The standard InChI is InChI=1S/C15H21BrN2O2/c1-15(2,3)20-14(19)18-13-9-17-8-12(13)10-4-6-11(16)7-5-10/h4-7,12-13,17H,8-9H2,1-3H3,(H,18,19)/t12-,13+/m1/s1. The Hall–Kier alpha value is -1.07. The van der Waals surface area contributed by atoms with Crippen LogP contribution in [-0.2, 0) is 4.74 Å². The Morgan fingerprint density at radius 2 is 1.95 bits per heavy atom. The summed E-state index contributed by atoms with van der Waals surface area (Å²) < 4.78 is 6.38. The van der Waals surface area contributed by atoms with E-state index < -0.39 is 5.60 Å². The maximum absolute atomic E-state index is 11.9. The van der Waals surface area contributed by atoms with E-state index in [0.29, 0.717) is 0 Å². The maximum atomic E-state index is 11.9. The van der Waals surface area contributed by atoms with Gasteiger partial charge in [-0.3, -0.25) is 0 Å². The van der Waals surface area contributed by atoms with Crippen LogP contribution in [0.4, 0.5) is 4.79 Å². The zero-order chi connectivity index (χ0) is 14.8. The van der Waals surface area contributed by atoms with Crippen molar-refractivity contribution in [1.82, 2.24) is 10.6 Å². The van der Waals surface area contributed by atoms with E-state index in [1.54, 1.807) is 0 Å². The molecule has 0 saturated carbocycles. The molecule has 1 aliphatic heterocycles. The highest BCUT2D eigenvalue weighted by Crippen LogP contribution is 2.24. The number of alkyl carbamates (subject to hydrolysis) is 1. The fourth-order valence-electron chi connectivity index (χ4n) is 2.35. The van der Waals surface area contributed by atoms with E-state index >= 15 is 0 Å². The van der Waals surface area contributed by atoms with Gasteiger partial charge in [0, 0.05) is 23.5 Å². The fraction of sp³-hybridized carbons (Fsp3) is 0.533. The summed E-state index contributed by atoms with van der Waals surface area (Å²) in [7, 11) is 0. The predicted octanol–water partition coefficient (Wildman–Crippen LogP) is 3.03. The van der Waals surface area contributed by atoms with Gasteiger partial charge < -0.3 is 15.4 Å². The lowest BCUT2D eigenvalue weighted by molar-refractivity contribution is 0.0504. The van der Waals surface area contributed by atoms with Crippen molar-refractivity contribution in [3.8, 4) is 0 Å². The van der Waals surface area contributed by atoms with Crippen LogP contribution in [-0.4, -0.2) is 30.8 Å². The van der Waals surface area contributed by atoms with Gasteiger partial charge in [0.1, 0.15) is 5.60 Å². The first-order valence-electron chi connectivity index (χ1n) is 6.81. The molecule has 0 spiro atoms. The van der Waals surface area contributed by atoms with Crippen molar-refractivity contribution >= 4 is 22.0 Å². The molecule has 1 amide bonds. The van der Waals surface area contributed by atoms with Crippen molar-refractivity contribution in [3.05, 3.63) is 34.3 Å². The molecule has 0 bridgehead atoms. The lowest BCUT2D eigenvalue weighted by Crippen LogP contribution is -2.42. The minimum absolute atomic E-state index is 0.0611. The number of hydrogen-bond donors (Lipinski definition) is 2. The van der Waals surface area contributed by atoms with Gasteiger partial charge in [0.25, 0.3) is 0 Å². The van der Waals surface area contributed by atoms with Crippen molar-refractivity contribution in [1.29, 1.82) is 0 Å². The minimum Gasteiger partial charge on any atom is -0.444 e. The average molecular weight is 341 g/mol. The van der Waals surface area contributed by atoms with Crippen LogP contribution in [0.5, 0.6) is 0 Å². The SMILES string of the molecule is CC(C)(C)OC(=O)N[C@H]1CNC[C@@H]1c1ccc(Br)cc1. The van der Waals surface area contributed by atoms with E-state index in [-0.39, 0.29) is 18.1 Å². The number of ether oxygens (including phenoxy) is 1.